The van der Waals surface area contributed by atoms with E-state index in [0.717, 1.165) is 16.3 Å². The Morgan fingerprint density at radius 2 is 2.12 bits per heavy atom. The number of pyridine rings is 1. The van der Waals surface area contributed by atoms with E-state index >= 15 is 0 Å². The molecular formula is C18H19N3O3S2. The van der Waals surface area contributed by atoms with E-state index < -0.39 is 10.0 Å². The lowest BCUT2D eigenvalue weighted by Crippen LogP contribution is -2.26. The van der Waals surface area contributed by atoms with Crippen LogP contribution in [0.2, 0.25) is 0 Å². The predicted molar refractivity (Wildman–Crippen MR) is 101 cm³/mol. The Kier molecular flexibility index (Phi) is 5.97. The summed E-state index contributed by atoms with van der Waals surface area (Å²) in [6.45, 7) is 2.53. The smallest absolute Gasteiger partial charge is 0.240 e. The number of aryl methyl sites for hydroxylation is 1. The molecule has 0 spiro atoms. The van der Waals surface area contributed by atoms with E-state index in [1.165, 1.54) is 11.3 Å². The highest BCUT2D eigenvalue weighted by Crippen LogP contribution is 2.15. The van der Waals surface area contributed by atoms with Gasteiger partial charge >= 0.3 is 0 Å². The van der Waals surface area contributed by atoms with Gasteiger partial charge in [0, 0.05) is 24.5 Å². The van der Waals surface area contributed by atoms with Gasteiger partial charge in [-0.15, -0.1) is 11.3 Å². The topological polar surface area (TPSA) is 81.2 Å². The fraction of sp³-hybridized carbons (Fsp3) is 0.222. The molecule has 1 N–H and O–H groups in total. The van der Waals surface area contributed by atoms with E-state index in [1.54, 1.807) is 30.6 Å². The van der Waals surface area contributed by atoms with Gasteiger partial charge in [0.1, 0.15) is 17.4 Å². The number of sulfonamides is 1. The lowest BCUT2D eigenvalue weighted by atomic mass is 10.2. The van der Waals surface area contributed by atoms with E-state index in [4.69, 9.17) is 4.74 Å². The van der Waals surface area contributed by atoms with Crippen LogP contribution in [0.3, 0.4) is 0 Å². The van der Waals surface area contributed by atoms with Crippen molar-refractivity contribution in [2.45, 2.75) is 24.8 Å². The van der Waals surface area contributed by atoms with Crippen LogP contribution >= 0.6 is 11.3 Å². The van der Waals surface area contributed by atoms with E-state index in [9.17, 15) is 8.42 Å². The van der Waals surface area contributed by atoms with Gasteiger partial charge in [-0.1, -0.05) is 12.1 Å². The van der Waals surface area contributed by atoms with Crippen molar-refractivity contribution in [1.29, 1.82) is 0 Å². The van der Waals surface area contributed by atoms with Gasteiger partial charge in [0.25, 0.3) is 0 Å². The summed E-state index contributed by atoms with van der Waals surface area (Å²) in [5.41, 5.74) is 1.75. The number of nitrogens with one attached hydrogen (secondary N) is 1. The molecule has 2 aromatic heterocycles. The first-order chi connectivity index (χ1) is 12.5. The molecule has 0 bridgehead atoms. The zero-order chi connectivity index (χ0) is 18.4. The monoisotopic (exact) mass is 389 g/mol. The minimum absolute atomic E-state index is 0.279. The summed E-state index contributed by atoms with van der Waals surface area (Å²) < 4.78 is 32.8. The summed E-state index contributed by atoms with van der Waals surface area (Å²) in [6, 6.07) is 10.5. The highest BCUT2D eigenvalue weighted by atomic mass is 32.2. The molecule has 6 nitrogen and oxygen atoms in total. The molecule has 2 heterocycles. The second-order valence-corrected chi connectivity index (χ2v) is 8.38. The van der Waals surface area contributed by atoms with Crippen molar-refractivity contribution in [2.75, 3.05) is 6.54 Å². The third-order valence-corrected chi connectivity index (χ3v) is 5.90. The van der Waals surface area contributed by atoms with Crippen LogP contribution in [0.25, 0.3) is 0 Å². The number of hydrogen-bond donors (Lipinski definition) is 1. The van der Waals surface area contributed by atoms with E-state index in [-0.39, 0.29) is 4.90 Å². The zero-order valence-corrected chi connectivity index (χ0v) is 15.9. The molecule has 26 heavy (non-hydrogen) atoms. The van der Waals surface area contributed by atoms with Gasteiger partial charge in [-0.25, -0.2) is 18.1 Å². The molecule has 0 radical (unpaired) electrons. The summed E-state index contributed by atoms with van der Waals surface area (Å²) in [7, 11) is -3.50. The molecule has 0 aliphatic heterocycles. The van der Waals surface area contributed by atoms with Crippen molar-refractivity contribution < 1.29 is 13.2 Å². The van der Waals surface area contributed by atoms with Crippen LogP contribution in [0.5, 0.6) is 5.75 Å². The van der Waals surface area contributed by atoms with Crippen molar-refractivity contribution in [1.82, 2.24) is 14.7 Å². The molecule has 1 aromatic carbocycles. The van der Waals surface area contributed by atoms with Gasteiger partial charge in [0.05, 0.1) is 16.8 Å². The average Bonchev–Trinajstić information content (AvgIpc) is 3.08. The van der Waals surface area contributed by atoms with Crippen LogP contribution < -0.4 is 9.46 Å². The summed E-state index contributed by atoms with van der Waals surface area (Å²) in [4.78, 5) is 8.74. The number of benzene rings is 1. The number of aromatic nitrogens is 2. The zero-order valence-electron chi connectivity index (χ0n) is 14.3. The molecule has 3 rings (SSSR count). The van der Waals surface area contributed by atoms with Crippen molar-refractivity contribution in [3.8, 4) is 5.75 Å². The second-order valence-electron chi connectivity index (χ2n) is 5.67. The van der Waals surface area contributed by atoms with E-state index in [0.29, 0.717) is 25.3 Å². The Bertz CT molecular complexity index is 957. The van der Waals surface area contributed by atoms with Gasteiger partial charge in [-0.2, -0.15) is 0 Å². The Hall–Kier alpha value is -2.29. The predicted octanol–water partition coefficient (Wildman–Crippen LogP) is 2.95. The molecule has 0 saturated heterocycles. The summed E-state index contributed by atoms with van der Waals surface area (Å²) in [5, 5.41) is 2.76. The molecule has 8 heteroatoms. The molecule has 3 aromatic rings. The van der Waals surface area contributed by atoms with Crippen LogP contribution in [-0.4, -0.2) is 24.9 Å². The summed E-state index contributed by atoms with van der Waals surface area (Å²) in [5.74, 6) is 0.690. The molecule has 0 saturated carbocycles. The highest BCUT2D eigenvalue weighted by molar-refractivity contribution is 7.89. The van der Waals surface area contributed by atoms with Crippen LogP contribution in [0, 0.1) is 6.92 Å². The molecule has 0 aliphatic carbocycles. The van der Waals surface area contributed by atoms with Crippen molar-refractivity contribution in [3.05, 3.63) is 70.4 Å². The number of nitrogens with zero attached hydrogens (tertiary/aromatic N) is 2. The molecule has 0 atom stereocenters. The maximum atomic E-state index is 12.3. The largest absolute Gasteiger partial charge is 0.485 e. The van der Waals surface area contributed by atoms with Crippen molar-refractivity contribution >= 4 is 21.4 Å². The third kappa shape index (κ3) is 5.10. The number of ether oxygens (including phenoxy) is 1. The van der Waals surface area contributed by atoms with Gasteiger partial charge in [0.2, 0.25) is 10.0 Å². The normalized spacial score (nSPS) is 11.4. The molecule has 0 aliphatic rings. The number of rotatable bonds is 8. The number of thiazole rings is 1. The van der Waals surface area contributed by atoms with Gasteiger partial charge in [0.15, 0.2) is 0 Å². The van der Waals surface area contributed by atoms with Crippen molar-refractivity contribution in [2.24, 2.45) is 0 Å². The standard InChI is InChI=1S/C18H19N3O3S2/c1-14-4-2-6-17(10-14)26(22,23)20-9-7-15-13-25-18(21-15)12-24-16-5-3-8-19-11-16/h2-6,8,10-11,13,20H,7,9,12H2,1H3. The van der Waals surface area contributed by atoms with Gasteiger partial charge < -0.3 is 4.74 Å². The lowest BCUT2D eigenvalue weighted by Gasteiger charge is -2.06. The highest BCUT2D eigenvalue weighted by Gasteiger charge is 2.13. The lowest BCUT2D eigenvalue weighted by molar-refractivity contribution is 0.304. The molecular weight excluding hydrogens is 370 g/mol. The fourth-order valence-electron chi connectivity index (χ4n) is 2.29. The molecule has 0 fully saturated rings. The maximum absolute atomic E-state index is 12.3. The molecule has 0 unspecified atom stereocenters. The minimum atomic E-state index is -3.50. The quantitative estimate of drug-likeness (QED) is 0.641. The van der Waals surface area contributed by atoms with Gasteiger partial charge in [-0.05, 0) is 36.8 Å². The first-order valence-corrected chi connectivity index (χ1v) is 10.4. The van der Waals surface area contributed by atoms with Crippen LogP contribution in [0.1, 0.15) is 16.3 Å². The fourth-order valence-corrected chi connectivity index (χ4v) is 4.16. The first kappa shape index (κ1) is 18.5. The van der Waals surface area contributed by atoms with Crippen LogP contribution in [0.4, 0.5) is 0 Å². The Labute approximate surface area is 157 Å². The second kappa shape index (κ2) is 8.39. The molecule has 0 amide bonds. The summed E-state index contributed by atoms with van der Waals surface area (Å²) >= 11 is 1.49. The summed E-state index contributed by atoms with van der Waals surface area (Å²) in [6.07, 6.45) is 3.86. The maximum Gasteiger partial charge on any atom is 0.240 e. The SMILES string of the molecule is Cc1cccc(S(=O)(=O)NCCc2csc(COc3cccnc3)n2)c1. The van der Waals surface area contributed by atoms with Crippen molar-refractivity contribution in [3.63, 3.8) is 0 Å². The van der Waals surface area contributed by atoms with E-state index in [1.807, 2.05) is 30.5 Å². The van der Waals surface area contributed by atoms with Gasteiger partial charge in [-0.3, -0.25) is 4.98 Å². The minimum Gasteiger partial charge on any atom is -0.485 e. The average molecular weight is 390 g/mol. The van der Waals surface area contributed by atoms with E-state index in [2.05, 4.69) is 14.7 Å². The Morgan fingerprint density at radius 3 is 2.88 bits per heavy atom. The third-order valence-electron chi connectivity index (χ3n) is 3.57. The van der Waals surface area contributed by atoms with Crippen LogP contribution in [0.15, 0.2) is 59.1 Å². The number of hydrogen-bond acceptors (Lipinski definition) is 6. The van der Waals surface area contributed by atoms with Crippen LogP contribution in [-0.2, 0) is 23.1 Å². The molecule has 136 valence electrons. The Balaban J connectivity index is 1.50. The Morgan fingerprint density at radius 1 is 1.23 bits per heavy atom. The first-order valence-electron chi connectivity index (χ1n) is 8.05.